The van der Waals surface area contributed by atoms with Crippen LogP contribution in [-0.2, 0) is 6.42 Å². The number of rotatable bonds is 0. The van der Waals surface area contributed by atoms with E-state index >= 15 is 0 Å². The van der Waals surface area contributed by atoms with Crippen LogP contribution in [-0.4, -0.2) is 6.54 Å². The summed E-state index contributed by atoms with van der Waals surface area (Å²) in [4.78, 5) is 0. The predicted molar refractivity (Wildman–Crippen MR) is 54.3 cm³/mol. The molecule has 0 radical (unpaired) electrons. The highest BCUT2D eigenvalue weighted by Crippen LogP contribution is 2.25. The first-order valence-corrected chi connectivity index (χ1v) is 5.08. The molecule has 1 aliphatic rings. The minimum absolute atomic E-state index is 0.516. The SMILES string of the molecule is CC1NCCc2cc(Br)ccc21. The Kier molecular flexibility index (Phi) is 2.20. The van der Waals surface area contributed by atoms with Gasteiger partial charge in [-0.2, -0.15) is 0 Å². The molecule has 2 rings (SSSR count). The van der Waals surface area contributed by atoms with Crippen molar-refractivity contribution in [3.05, 3.63) is 33.8 Å². The van der Waals surface area contributed by atoms with E-state index in [9.17, 15) is 0 Å². The molecule has 12 heavy (non-hydrogen) atoms. The number of fused-ring (bicyclic) bond motifs is 1. The topological polar surface area (TPSA) is 12.0 Å². The molecule has 0 amide bonds. The van der Waals surface area contributed by atoms with E-state index in [1.54, 1.807) is 0 Å². The minimum Gasteiger partial charge on any atom is -0.310 e. The van der Waals surface area contributed by atoms with Crippen LogP contribution in [0.15, 0.2) is 22.7 Å². The Morgan fingerprint density at radius 1 is 1.50 bits per heavy atom. The Morgan fingerprint density at radius 3 is 3.17 bits per heavy atom. The van der Waals surface area contributed by atoms with Crippen molar-refractivity contribution in [1.29, 1.82) is 0 Å². The van der Waals surface area contributed by atoms with Crippen LogP contribution in [0, 0.1) is 0 Å². The highest BCUT2D eigenvalue weighted by Gasteiger charge is 2.14. The van der Waals surface area contributed by atoms with Crippen LogP contribution in [0.3, 0.4) is 0 Å². The van der Waals surface area contributed by atoms with Crippen LogP contribution in [0.5, 0.6) is 0 Å². The molecule has 1 atom stereocenters. The molecule has 1 aliphatic heterocycles. The summed E-state index contributed by atoms with van der Waals surface area (Å²) in [5.74, 6) is 0. The highest BCUT2D eigenvalue weighted by molar-refractivity contribution is 9.10. The van der Waals surface area contributed by atoms with Crippen molar-refractivity contribution in [1.82, 2.24) is 5.32 Å². The lowest BCUT2D eigenvalue weighted by molar-refractivity contribution is 0.541. The summed E-state index contributed by atoms with van der Waals surface area (Å²) in [6, 6.07) is 7.06. The molecule has 1 N–H and O–H groups in total. The average Bonchev–Trinajstić information content (AvgIpc) is 2.04. The average molecular weight is 226 g/mol. The van der Waals surface area contributed by atoms with Crippen molar-refractivity contribution in [2.45, 2.75) is 19.4 Å². The third-order valence-corrected chi connectivity index (χ3v) is 2.91. The standard InChI is InChI=1S/C10H12BrN/c1-7-10-3-2-9(11)6-8(10)4-5-12-7/h2-3,6-7,12H,4-5H2,1H3. The summed E-state index contributed by atoms with van der Waals surface area (Å²) in [5, 5.41) is 3.44. The Bertz CT molecular complexity index is 296. The first-order chi connectivity index (χ1) is 5.77. The van der Waals surface area contributed by atoms with E-state index in [0.717, 1.165) is 13.0 Å². The van der Waals surface area contributed by atoms with Gasteiger partial charge in [-0.05, 0) is 43.1 Å². The fourth-order valence-corrected chi connectivity index (χ4v) is 2.16. The van der Waals surface area contributed by atoms with Gasteiger partial charge < -0.3 is 5.32 Å². The monoisotopic (exact) mass is 225 g/mol. The molecule has 1 nitrogen and oxygen atoms in total. The number of nitrogens with one attached hydrogen (secondary N) is 1. The smallest absolute Gasteiger partial charge is 0.0294 e. The molecule has 0 saturated carbocycles. The summed E-state index contributed by atoms with van der Waals surface area (Å²) in [5.41, 5.74) is 2.93. The van der Waals surface area contributed by atoms with Gasteiger partial charge in [0, 0.05) is 10.5 Å². The first kappa shape index (κ1) is 8.27. The van der Waals surface area contributed by atoms with E-state index in [0.29, 0.717) is 6.04 Å². The lowest BCUT2D eigenvalue weighted by atomic mass is 9.96. The summed E-state index contributed by atoms with van der Waals surface area (Å²) in [7, 11) is 0. The Labute approximate surface area is 81.3 Å². The van der Waals surface area contributed by atoms with Gasteiger partial charge in [-0.1, -0.05) is 22.0 Å². The molecule has 0 bridgehead atoms. The van der Waals surface area contributed by atoms with Crippen molar-refractivity contribution in [2.24, 2.45) is 0 Å². The van der Waals surface area contributed by atoms with Gasteiger partial charge in [0.2, 0.25) is 0 Å². The van der Waals surface area contributed by atoms with Gasteiger partial charge in [-0.25, -0.2) is 0 Å². The maximum absolute atomic E-state index is 3.49. The molecule has 0 aliphatic carbocycles. The molecule has 0 saturated heterocycles. The van der Waals surface area contributed by atoms with Gasteiger partial charge in [0.25, 0.3) is 0 Å². The molecule has 1 heterocycles. The molecule has 1 unspecified atom stereocenters. The lowest BCUT2D eigenvalue weighted by Crippen LogP contribution is -2.27. The van der Waals surface area contributed by atoms with Gasteiger partial charge in [-0.15, -0.1) is 0 Å². The molecule has 1 aromatic carbocycles. The largest absolute Gasteiger partial charge is 0.310 e. The zero-order valence-corrected chi connectivity index (χ0v) is 8.69. The third kappa shape index (κ3) is 1.41. The summed E-state index contributed by atoms with van der Waals surface area (Å²) in [6.07, 6.45) is 1.15. The van der Waals surface area contributed by atoms with Gasteiger partial charge in [0.1, 0.15) is 0 Å². The third-order valence-electron chi connectivity index (χ3n) is 2.42. The van der Waals surface area contributed by atoms with Crippen molar-refractivity contribution >= 4 is 15.9 Å². The number of benzene rings is 1. The molecule has 0 aromatic heterocycles. The molecule has 64 valence electrons. The summed E-state index contributed by atoms with van der Waals surface area (Å²) < 4.78 is 1.19. The van der Waals surface area contributed by atoms with Crippen LogP contribution < -0.4 is 5.32 Å². The van der Waals surface area contributed by atoms with Crippen molar-refractivity contribution in [3.63, 3.8) is 0 Å². The second-order valence-corrected chi connectivity index (χ2v) is 4.18. The van der Waals surface area contributed by atoms with Crippen LogP contribution in [0.2, 0.25) is 0 Å². The number of hydrogen-bond donors (Lipinski definition) is 1. The number of hydrogen-bond acceptors (Lipinski definition) is 1. The van der Waals surface area contributed by atoms with Crippen LogP contribution in [0.25, 0.3) is 0 Å². The Morgan fingerprint density at radius 2 is 2.33 bits per heavy atom. The van der Waals surface area contributed by atoms with E-state index in [-0.39, 0.29) is 0 Å². The van der Waals surface area contributed by atoms with Gasteiger partial charge >= 0.3 is 0 Å². The fraction of sp³-hybridized carbons (Fsp3) is 0.400. The normalized spacial score (nSPS) is 22.0. The molecule has 0 spiro atoms. The van der Waals surface area contributed by atoms with E-state index in [4.69, 9.17) is 0 Å². The zero-order chi connectivity index (χ0) is 8.55. The fourth-order valence-electron chi connectivity index (χ4n) is 1.75. The Hall–Kier alpha value is -0.340. The van der Waals surface area contributed by atoms with E-state index < -0.39 is 0 Å². The predicted octanol–water partition coefficient (Wildman–Crippen LogP) is 2.66. The highest BCUT2D eigenvalue weighted by atomic mass is 79.9. The van der Waals surface area contributed by atoms with Gasteiger partial charge in [0.15, 0.2) is 0 Å². The van der Waals surface area contributed by atoms with Crippen LogP contribution >= 0.6 is 15.9 Å². The van der Waals surface area contributed by atoms with Crippen molar-refractivity contribution in [3.8, 4) is 0 Å². The zero-order valence-electron chi connectivity index (χ0n) is 7.10. The summed E-state index contributed by atoms with van der Waals surface area (Å²) in [6.45, 7) is 3.32. The second kappa shape index (κ2) is 3.19. The van der Waals surface area contributed by atoms with Crippen molar-refractivity contribution < 1.29 is 0 Å². The van der Waals surface area contributed by atoms with Crippen LogP contribution in [0.4, 0.5) is 0 Å². The molecular formula is C10H12BrN. The molecule has 0 fully saturated rings. The molecular weight excluding hydrogens is 214 g/mol. The first-order valence-electron chi connectivity index (χ1n) is 4.29. The maximum Gasteiger partial charge on any atom is 0.0294 e. The van der Waals surface area contributed by atoms with E-state index in [1.807, 2.05) is 0 Å². The molecule has 1 aromatic rings. The quantitative estimate of drug-likeness (QED) is 0.717. The van der Waals surface area contributed by atoms with Crippen LogP contribution in [0.1, 0.15) is 24.1 Å². The van der Waals surface area contributed by atoms with E-state index in [1.165, 1.54) is 15.6 Å². The second-order valence-electron chi connectivity index (χ2n) is 3.27. The van der Waals surface area contributed by atoms with E-state index in [2.05, 4.69) is 46.4 Å². The lowest BCUT2D eigenvalue weighted by Gasteiger charge is -2.23. The Balaban J connectivity index is 2.46. The van der Waals surface area contributed by atoms with Crippen molar-refractivity contribution in [2.75, 3.05) is 6.54 Å². The maximum atomic E-state index is 3.49. The minimum atomic E-state index is 0.516. The summed E-state index contributed by atoms with van der Waals surface area (Å²) >= 11 is 3.49. The van der Waals surface area contributed by atoms with Gasteiger partial charge in [-0.3, -0.25) is 0 Å². The molecule has 2 heteroatoms. The van der Waals surface area contributed by atoms with Gasteiger partial charge in [0.05, 0.1) is 0 Å². The number of halogens is 1.